The van der Waals surface area contributed by atoms with Gasteiger partial charge >= 0.3 is 0 Å². The van der Waals surface area contributed by atoms with Crippen LogP contribution in [-0.2, 0) is 0 Å². The Hall–Kier alpha value is -2.94. The first-order chi connectivity index (χ1) is 11.3. The van der Waals surface area contributed by atoms with Crippen LogP contribution < -0.4 is 5.32 Å². The van der Waals surface area contributed by atoms with Crippen LogP contribution in [0.4, 0.5) is 0 Å². The zero-order valence-corrected chi connectivity index (χ0v) is 12.9. The van der Waals surface area contributed by atoms with Gasteiger partial charge in [0.2, 0.25) is 0 Å². The number of benzene rings is 2. The molecule has 3 rings (SSSR count). The molecular weight excluding hydrogens is 284 g/mol. The number of pyridine rings is 1. The van der Waals surface area contributed by atoms with E-state index in [1.165, 1.54) is 5.56 Å². The molecule has 1 N–H and O–H groups in total. The van der Waals surface area contributed by atoms with Gasteiger partial charge < -0.3 is 5.32 Å². The number of hydrogen-bond acceptors (Lipinski definition) is 2. The third kappa shape index (κ3) is 3.29. The Bertz CT molecular complexity index is 746. The molecule has 0 fully saturated rings. The van der Waals surface area contributed by atoms with Crippen molar-refractivity contribution in [3.05, 3.63) is 101 Å². The number of nitrogens with zero attached hydrogens (tertiary/aromatic N) is 1. The first-order valence-corrected chi connectivity index (χ1v) is 7.56. The number of carbonyl (C=O) groups excluding carboxylic acids is 1. The molecule has 1 aromatic heterocycles. The van der Waals surface area contributed by atoms with Crippen LogP contribution in [0.15, 0.2) is 79.1 Å². The minimum absolute atomic E-state index is 0.0730. The molecule has 0 aliphatic heterocycles. The van der Waals surface area contributed by atoms with Gasteiger partial charge in [0.25, 0.3) is 5.91 Å². The molecule has 114 valence electrons. The third-order valence-corrected chi connectivity index (χ3v) is 3.88. The molecule has 3 nitrogen and oxygen atoms in total. The molecule has 0 aliphatic carbocycles. The van der Waals surface area contributed by atoms with Gasteiger partial charge in [0.15, 0.2) is 0 Å². The van der Waals surface area contributed by atoms with Gasteiger partial charge in [-0.25, -0.2) is 0 Å². The summed E-state index contributed by atoms with van der Waals surface area (Å²) in [7, 11) is 1.65. The van der Waals surface area contributed by atoms with Gasteiger partial charge in [-0.05, 0) is 41.0 Å². The fourth-order valence-corrected chi connectivity index (χ4v) is 2.78. The summed E-state index contributed by atoms with van der Waals surface area (Å²) in [5, 5.41) is 2.68. The molecule has 0 bridgehead atoms. The van der Waals surface area contributed by atoms with Crippen molar-refractivity contribution in [1.29, 1.82) is 0 Å². The highest BCUT2D eigenvalue weighted by molar-refractivity contribution is 5.94. The maximum atomic E-state index is 11.9. The Morgan fingerprint density at radius 1 is 0.870 bits per heavy atom. The minimum Gasteiger partial charge on any atom is -0.355 e. The van der Waals surface area contributed by atoms with E-state index in [4.69, 9.17) is 0 Å². The predicted octanol–water partition coefficient (Wildman–Crippen LogP) is 3.62. The van der Waals surface area contributed by atoms with Gasteiger partial charge in [0.05, 0.1) is 0 Å². The van der Waals surface area contributed by atoms with E-state index in [9.17, 15) is 4.79 Å². The summed E-state index contributed by atoms with van der Waals surface area (Å²) in [4.78, 5) is 16.1. The van der Waals surface area contributed by atoms with Gasteiger partial charge in [-0.1, -0.05) is 42.5 Å². The van der Waals surface area contributed by atoms with Crippen molar-refractivity contribution in [3.8, 4) is 0 Å². The minimum atomic E-state index is -0.0756. The summed E-state index contributed by atoms with van der Waals surface area (Å²) >= 11 is 0. The van der Waals surface area contributed by atoms with E-state index in [1.807, 2.05) is 48.5 Å². The second kappa shape index (κ2) is 6.88. The van der Waals surface area contributed by atoms with Crippen molar-refractivity contribution in [3.63, 3.8) is 0 Å². The molecule has 0 saturated heterocycles. The first kappa shape index (κ1) is 15.0. The predicted molar refractivity (Wildman–Crippen MR) is 91.5 cm³/mol. The van der Waals surface area contributed by atoms with E-state index in [0.29, 0.717) is 5.56 Å². The van der Waals surface area contributed by atoms with Crippen LogP contribution in [0.25, 0.3) is 0 Å². The average molecular weight is 302 g/mol. The summed E-state index contributed by atoms with van der Waals surface area (Å²) in [6.45, 7) is 0. The lowest BCUT2D eigenvalue weighted by Gasteiger charge is -2.19. The average Bonchev–Trinajstić information content (AvgIpc) is 2.63. The Labute approximate surface area is 136 Å². The normalized spacial score (nSPS) is 11.7. The van der Waals surface area contributed by atoms with Crippen molar-refractivity contribution >= 4 is 5.91 Å². The first-order valence-electron chi connectivity index (χ1n) is 7.56. The summed E-state index contributed by atoms with van der Waals surface area (Å²) in [6, 6.07) is 22.1. The van der Waals surface area contributed by atoms with Crippen LogP contribution in [0.1, 0.15) is 33.0 Å². The van der Waals surface area contributed by atoms with Crippen molar-refractivity contribution in [2.45, 2.75) is 5.92 Å². The topological polar surface area (TPSA) is 42.0 Å². The second-order valence-corrected chi connectivity index (χ2v) is 5.33. The molecule has 1 amide bonds. The number of carbonyl (C=O) groups is 1. The number of nitrogens with one attached hydrogen (secondary N) is 1. The number of rotatable bonds is 4. The molecule has 2 aromatic carbocycles. The maximum absolute atomic E-state index is 11.9. The Morgan fingerprint density at radius 3 is 2.22 bits per heavy atom. The van der Waals surface area contributed by atoms with E-state index < -0.39 is 0 Å². The van der Waals surface area contributed by atoms with Gasteiger partial charge in [-0.3, -0.25) is 9.78 Å². The van der Waals surface area contributed by atoms with Gasteiger partial charge in [0, 0.05) is 30.9 Å². The molecule has 3 heteroatoms. The van der Waals surface area contributed by atoms with E-state index in [-0.39, 0.29) is 11.8 Å². The molecule has 0 spiro atoms. The van der Waals surface area contributed by atoms with E-state index >= 15 is 0 Å². The van der Waals surface area contributed by atoms with Gasteiger partial charge in [0.1, 0.15) is 0 Å². The van der Waals surface area contributed by atoms with Crippen LogP contribution in [0, 0.1) is 0 Å². The Kier molecular flexibility index (Phi) is 4.48. The fraction of sp³-hybridized carbons (Fsp3) is 0.100. The van der Waals surface area contributed by atoms with Crippen LogP contribution in [0.5, 0.6) is 0 Å². The Balaban J connectivity index is 2.11. The molecule has 1 heterocycles. The lowest BCUT2D eigenvalue weighted by Crippen LogP contribution is -2.18. The van der Waals surface area contributed by atoms with Crippen molar-refractivity contribution < 1.29 is 4.79 Å². The fourth-order valence-electron chi connectivity index (χ4n) is 2.78. The highest BCUT2D eigenvalue weighted by Gasteiger charge is 2.17. The zero-order valence-electron chi connectivity index (χ0n) is 12.9. The van der Waals surface area contributed by atoms with Crippen molar-refractivity contribution in [2.24, 2.45) is 0 Å². The summed E-state index contributed by atoms with van der Waals surface area (Å²) in [6.07, 6.45) is 3.60. The van der Waals surface area contributed by atoms with Crippen LogP contribution >= 0.6 is 0 Å². The Morgan fingerprint density at radius 2 is 1.52 bits per heavy atom. The highest BCUT2D eigenvalue weighted by Crippen LogP contribution is 2.31. The molecule has 23 heavy (non-hydrogen) atoms. The summed E-state index contributed by atoms with van der Waals surface area (Å²) in [5.41, 5.74) is 4.09. The van der Waals surface area contributed by atoms with Crippen LogP contribution in [0.3, 0.4) is 0 Å². The van der Waals surface area contributed by atoms with Gasteiger partial charge in [-0.15, -0.1) is 0 Å². The standard InChI is InChI=1S/C20H18N2O/c1-21-20(23)18-9-5-8-17(14-18)19(15-6-3-2-4-7-15)16-10-12-22-13-11-16/h2-14,19H,1H3,(H,21,23). The summed E-state index contributed by atoms with van der Waals surface area (Å²) in [5.74, 6) is -0.00260. The third-order valence-electron chi connectivity index (χ3n) is 3.88. The molecular formula is C20H18N2O. The maximum Gasteiger partial charge on any atom is 0.251 e. The van der Waals surface area contributed by atoms with Crippen LogP contribution in [0.2, 0.25) is 0 Å². The smallest absolute Gasteiger partial charge is 0.251 e. The van der Waals surface area contributed by atoms with E-state index in [2.05, 4.69) is 28.5 Å². The lowest BCUT2D eigenvalue weighted by molar-refractivity contribution is 0.0963. The largest absolute Gasteiger partial charge is 0.355 e. The monoisotopic (exact) mass is 302 g/mol. The molecule has 3 aromatic rings. The zero-order chi connectivity index (χ0) is 16.1. The van der Waals surface area contributed by atoms with Gasteiger partial charge in [-0.2, -0.15) is 0 Å². The number of aromatic nitrogens is 1. The molecule has 0 aliphatic rings. The number of amides is 1. The number of hydrogen-bond donors (Lipinski definition) is 1. The van der Waals surface area contributed by atoms with Crippen molar-refractivity contribution in [2.75, 3.05) is 7.05 Å². The second-order valence-electron chi connectivity index (χ2n) is 5.33. The lowest BCUT2D eigenvalue weighted by atomic mass is 9.85. The van der Waals surface area contributed by atoms with E-state index in [1.54, 1.807) is 19.4 Å². The molecule has 1 unspecified atom stereocenters. The van der Waals surface area contributed by atoms with Crippen molar-refractivity contribution in [1.82, 2.24) is 10.3 Å². The SMILES string of the molecule is CNC(=O)c1cccc(C(c2ccccc2)c2ccncc2)c1. The molecule has 0 radical (unpaired) electrons. The quantitative estimate of drug-likeness (QED) is 0.800. The highest BCUT2D eigenvalue weighted by atomic mass is 16.1. The van der Waals surface area contributed by atoms with Crippen LogP contribution in [-0.4, -0.2) is 17.9 Å². The van der Waals surface area contributed by atoms with E-state index in [0.717, 1.165) is 11.1 Å². The molecule has 0 saturated carbocycles. The molecule has 1 atom stereocenters. The summed E-state index contributed by atoms with van der Waals surface area (Å²) < 4.78 is 0.